The van der Waals surface area contributed by atoms with Crippen LogP contribution in [0.2, 0.25) is 0 Å². The van der Waals surface area contributed by atoms with Crippen molar-refractivity contribution in [3.63, 3.8) is 0 Å². The van der Waals surface area contributed by atoms with Gasteiger partial charge in [0.15, 0.2) is 0 Å². The third-order valence-corrected chi connectivity index (χ3v) is 3.69. The van der Waals surface area contributed by atoms with Crippen LogP contribution in [0.25, 0.3) is 0 Å². The van der Waals surface area contributed by atoms with Crippen molar-refractivity contribution in [3.8, 4) is 17.2 Å². The first-order valence-corrected chi connectivity index (χ1v) is 8.56. The smallest absolute Gasteiger partial charge is 0.335 e. The van der Waals surface area contributed by atoms with E-state index in [9.17, 15) is 14.4 Å². The number of esters is 3. The number of hydrogen-bond donors (Lipinski definition) is 0. The Morgan fingerprint density at radius 2 is 1.43 bits per heavy atom. The van der Waals surface area contributed by atoms with E-state index in [1.165, 1.54) is 6.07 Å². The standard InChI is InChI=1S/C22H20O6/c1-4-16-9-12-18(27-21(24)6-3)14-19(16)28-22(25)13-15-7-10-17(11-8-15)26-20(23)5-2/h5-12,14H,2-4,13H2,1H3. The Kier molecular flexibility index (Phi) is 7.28. The minimum Gasteiger partial charge on any atom is -0.426 e. The third kappa shape index (κ3) is 5.95. The second-order valence-electron chi connectivity index (χ2n) is 5.67. The third-order valence-electron chi connectivity index (χ3n) is 3.69. The van der Waals surface area contributed by atoms with E-state index in [-0.39, 0.29) is 12.2 Å². The highest BCUT2D eigenvalue weighted by Gasteiger charge is 2.12. The summed E-state index contributed by atoms with van der Waals surface area (Å²) in [6, 6.07) is 11.3. The van der Waals surface area contributed by atoms with Crippen LogP contribution in [0.15, 0.2) is 67.8 Å². The molecular weight excluding hydrogens is 360 g/mol. The number of aryl methyl sites for hydroxylation is 1. The van der Waals surface area contributed by atoms with Crippen molar-refractivity contribution in [3.05, 3.63) is 78.9 Å². The highest BCUT2D eigenvalue weighted by molar-refractivity contribution is 5.84. The van der Waals surface area contributed by atoms with Gasteiger partial charge in [-0.1, -0.05) is 38.3 Å². The van der Waals surface area contributed by atoms with Gasteiger partial charge in [0.1, 0.15) is 17.2 Å². The average Bonchev–Trinajstić information content (AvgIpc) is 2.69. The lowest BCUT2D eigenvalue weighted by molar-refractivity contribution is -0.133. The molecule has 0 unspecified atom stereocenters. The maximum absolute atomic E-state index is 12.3. The highest BCUT2D eigenvalue weighted by atomic mass is 16.5. The van der Waals surface area contributed by atoms with Crippen molar-refractivity contribution >= 4 is 17.9 Å². The summed E-state index contributed by atoms with van der Waals surface area (Å²) < 4.78 is 15.5. The molecule has 0 spiro atoms. The number of carbonyl (C=O) groups is 3. The summed E-state index contributed by atoms with van der Waals surface area (Å²) >= 11 is 0. The van der Waals surface area contributed by atoms with Crippen LogP contribution in [0.1, 0.15) is 18.1 Å². The van der Waals surface area contributed by atoms with Gasteiger partial charge in [-0.3, -0.25) is 4.79 Å². The summed E-state index contributed by atoms with van der Waals surface area (Å²) in [4.78, 5) is 34.8. The fourth-order valence-electron chi connectivity index (χ4n) is 2.30. The number of hydrogen-bond acceptors (Lipinski definition) is 6. The van der Waals surface area contributed by atoms with Crippen molar-refractivity contribution in [2.75, 3.05) is 0 Å². The molecule has 144 valence electrons. The molecule has 0 aliphatic heterocycles. The van der Waals surface area contributed by atoms with Gasteiger partial charge in [0, 0.05) is 18.2 Å². The van der Waals surface area contributed by atoms with Crippen LogP contribution in [0.4, 0.5) is 0 Å². The zero-order valence-electron chi connectivity index (χ0n) is 15.5. The molecular formula is C22H20O6. The summed E-state index contributed by atoms with van der Waals surface area (Å²) in [6.07, 6.45) is 2.78. The summed E-state index contributed by atoms with van der Waals surface area (Å²) in [5.74, 6) is -0.684. The van der Waals surface area contributed by atoms with E-state index < -0.39 is 17.9 Å². The zero-order chi connectivity index (χ0) is 20.5. The van der Waals surface area contributed by atoms with E-state index >= 15 is 0 Å². The molecule has 0 aromatic heterocycles. The van der Waals surface area contributed by atoms with Gasteiger partial charge in [-0.2, -0.15) is 0 Å². The maximum Gasteiger partial charge on any atom is 0.335 e. The molecule has 28 heavy (non-hydrogen) atoms. The summed E-state index contributed by atoms with van der Waals surface area (Å²) in [7, 11) is 0. The van der Waals surface area contributed by atoms with Crippen LogP contribution < -0.4 is 14.2 Å². The Bertz CT molecular complexity index is 896. The fraction of sp³-hybridized carbons (Fsp3) is 0.136. The van der Waals surface area contributed by atoms with E-state index in [1.54, 1.807) is 36.4 Å². The normalized spacial score (nSPS) is 9.89. The van der Waals surface area contributed by atoms with Crippen LogP contribution in [0.3, 0.4) is 0 Å². The van der Waals surface area contributed by atoms with Gasteiger partial charge in [-0.15, -0.1) is 0 Å². The molecule has 0 aliphatic rings. The number of ether oxygens (including phenoxy) is 3. The van der Waals surface area contributed by atoms with E-state index in [1.807, 2.05) is 6.92 Å². The molecule has 0 bridgehead atoms. The van der Waals surface area contributed by atoms with Crippen molar-refractivity contribution in [2.24, 2.45) is 0 Å². The van der Waals surface area contributed by atoms with Crippen LogP contribution >= 0.6 is 0 Å². The van der Waals surface area contributed by atoms with Crippen LogP contribution in [-0.4, -0.2) is 17.9 Å². The van der Waals surface area contributed by atoms with Crippen molar-refractivity contribution in [1.29, 1.82) is 0 Å². The molecule has 0 atom stereocenters. The molecule has 6 heteroatoms. The van der Waals surface area contributed by atoms with Crippen molar-refractivity contribution in [2.45, 2.75) is 19.8 Å². The SMILES string of the molecule is C=CC(=O)Oc1ccc(CC(=O)Oc2cc(OC(=O)C=C)ccc2CC)cc1. The molecule has 6 nitrogen and oxygen atoms in total. The first-order valence-electron chi connectivity index (χ1n) is 8.56. The molecule has 0 fully saturated rings. The monoisotopic (exact) mass is 380 g/mol. The van der Waals surface area contributed by atoms with Gasteiger partial charge in [0.25, 0.3) is 0 Å². The molecule has 2 aromatic rings. The molecule has 0 saturated heterocycles. The number of carbonyl (C=O) groups excluding carboxylic acids is 3. The van der Waals surface area contributed by atoms with Gasteiger partial charge in [0.2, 0.25) is 0 Å². The first kappa shape index (κ1) is 20.6. The minimum absolute atomic E-state index is 0.0233. The fourth-order valence-corrected chi connectivity index (χ4v) is 2.30. The van der Waals surface area contributed by atoms with Gasteiger partial charge < -0.3 is 14.2 Å². The Morgan fingerprint density at radius 1 is 0.857 bits per heavy atom. The summed E-state index contributed by atoms with van der Waals surface area (Å²) in [5.41, 5.74) is 1.49. The summed E-state index contributed by atoms with van der Waals surface area (Å²) in [6.45, 7) is 8.59. The lowest BCUT2D eigenvalue weighted by Gasteiger charge is -2.11. The minimum atomic E-state index is -0.598. The second-order valence-corrected chi connectivity index (χ2v) is 5.67. The average molecular weight is 380 g/mol. The summed E-state index contributed by atoms with van der Waals surface area (Å²) in [5, 5.41) is 0. The van der Waals surface area contributed by atoms with Crippen molar-refractivity contribution < 1.29 is 28.6 Å². The lowest BCUT2D eigenvalue weighted by Crippen LogP contribution is -2.13. The second kappa shape index (κ2) is 9.87. The molecule has 0 heterocycles. The maximum atomic E-state index is 12.3. The molecule has 2 rings (SSSR count). The number of rotatable bonds is 8. The largest absolute Gasteiger partial charge is 0.426 e. The van der Waals surface area contributed by atoms with E-state index in [2.05, 4.69) is 13.2 Å². The van der Waals surface area contributed by atoms with Crippen LogP contribution in [0.5, 0.6) is 17.2 Å². The molecule has 0 saturated carbocycles. The Hall–Kier alpha value is -3.67. The topological polar surface area (TPSA) is 78.9 Å². The quantitative estimate of drug-likeness (QED) is 0.396. The number of benzene rings is 2. The van der Waals surface area contributed by atoms with Gasteiger partial charge in [0.05, 0.1) is 6.42 Å². The van der Waals surface area contributed by atoms with Gasteiger partial charge in [-0.25, -0.2) is 9.59 Å². The molecule has 0 N–H and O–H groups in total. The van der Waals surface area contributed by atoms with Gasteiger partial charge >= 0.3 is 17.9 Å². The van der Waals surface area contributed by atoms with Crippen LogP contribution in [0, 0.1) is 0 Å². The van der Waals surface area contributed by atoms with E-state index in [0.29, 0.717) is 23.5 Å². The Morgan fingerprint density at radius 3 is 2.00 bits per heavy atom. The van der Waals surface area contributed by atoms with Gasteiger partial charge in [-0.05, 0) is 35.7 Å². The van der Waals surface area contributed by atoms with Crippen molar-refractivity contribution in [1.82, 2.24) is 0 Å². The Labute approximate surface area is 163 Å². The highest BCUT2D eigenvalue weighted by Crippen LogP contribution is 2.26. The molecule has 2 aromatic carbocycles. The molecule has 0 amide bonds. The predicted molar refractivity (Wildman–Crippen MR) is 103 cm³/mol. The zero-order valence-corrected chi connectivity index (χ0v) is 15.5. The first-order chi connectivity index (χ1) is 13.4. The Balaban J connectivity index is 2.06. The van der Waals surface area contributed by atoms with Crippen LogP contribution in [-0.2, 0) is 27.2 Å². The lowest BCUT2D eigenvalue weighted by atomic mass is 10.1. The van der Waals surface area contributed by atoms with E-state index in [0.717, 1.165) is 17.7 Å². The molecule has 0 aliphatic carbocycles. The molecule has 0 radical (unpaired) electrons. The van der Waals surface area contributed by atoms with E-state index in [4.69, 9.17) is 14.2 Å². The predicted octanol–water partition coefficient (Wildman–Crippen LogP) is 3.58.